The number of methoxy groups -OCH3 is 1. The van der Waals surface area contributed by atoms with Gasteiger partial charge in [0.2, 0.25) is 0 Å². The summed E-state index contributed by atoms with van der Waals surface area (Å²) in [5.41, 5.74) is 2.56. The highest BCUT2D eigenvalue weighted by Crippen LogP contribution is 2.33. The van der Waals surface area contributed by atoms with Crippen molar-refractivity contribution >= 4 is 23.6 Å². The van der Waals surface area contributed by atoms with Crippen molar-refractivity contribution in [2.24, 2.45) is 0 Å². The van der Waals surface area contributed by atoms with Gasteiger partial charge in [0.05, 0.1) is 26.1 Å². The number of fused-ring (bicyclic) bond motifs is 1. The molecule has 30 heavy (non-hydrogen) atoms. The van der Waals surface area contributed by atoms with Crippen LogP contribution in [0.5, 0.6) is 11.5 Å². The number of halogens is 1. The molecule has 9 heteroatoms. The van der Waals surface area contributed by atoms with Gasteiger partial charge >= 0.3 is 0 Å². The third kappa shape index (κ3) is 4.44. The van der Waals surface area contributed by atoms with Crippen LogP contribution in [-0.4, -0.2) is 43.9 Å². The van der Waals surface area contributed by atoms with E-state index >= 15 is 0 Å². The number of aliphatic hydroxyl groups excluding tert-OH is 1. The van der Waals surface area contributed by atoms with E-state index in [1.165, 1.54) is 0 Å². The van der Waals surface area contributed by atoms with E-state index in [9.17, 15) is 5.11 Å². The lowest BCUT2D eigenvalue weighted by molar-refractivity contribution is 0.147. The average Bonchev–Trinajstić information content (AvgIpc) is 3.32. The molecule has 4 rings (SSSR count). The van der Waals surface area contributed by atoms with Crippen molar-refractivity contribution in [1.82, 2.24) is 19.5 Å². The van der Waals surface area contributed by atoms with Crippen LogP contribution >= 0.6 is 12.4 Å². The van der Waals surface area contributed by atoms with Gasteiger partial charge in [-0.25, -0.2) is 9.97 Å². The topological polar surface area (TPSA) is 109 Å². The number of benzene rings is 1. The molecular weight excluding hydrogens is 406 g/mol. The van der Waals surface area contributed by atoms with Crippen LogP contribution < -0.4 is 15.0 Å². The van der Waals surface area contributed by atoms with E-state index < -0.39 is 0 Å². The third-order valence-corrected chi connectivity index (χ3v) is 5.32. The minimum Gasteiger partial charge on any atom is -0.493 e. The first-order valence-electron chi connectivity index (χ1n) is 9.96. The number of aromatic amines is 1. The highest BCUT2D eigenvalue weighted by Gasteiger charge is 2.25. The molecule has 1 aliphatic rings. The molecule has 3 aromatic rings. The van der Waals surface area contributed by atoms with Gasteiger partial charge in [0.25, 0.3) is 0 Å². The van der Waals surface area contributed by atoms with Crippen LogP contribution in [0.15, 0.2) is 24.5 Å². The molecule has 1 aromatic carbocycles. The van der Waals surface area contributed by atoms with Crippen LogP contribution in [0, 0.1) is 5.41 Å². The summed E-state index contributed by atoms with van der Waals surface area (Å²) in [7, 11) is 1.62. The number of nitrogens with zero attached hydrogens (tertiary/aromatic N) is 3. The predicted molar refractivity (Wildman–Crippen MR) is 115 cm³/mol. The molecule has 0 radical (unpaired) electrons. The summed E-state index contributed by atoms with van der Waals surface area (Å²) < 4.78 is 13.5. The van der Waals surface area contributed by atoms with E-state index in [1.807, 2.05) is 22.8 Å². The normalized spacial score (nSPS) is 18.6. The minimum atomic E-state index is -0.290. The molecule has 2 unspecified atom stereocenters. The molecule has 162 valence electrons. The molecule has 2 aromatic heterocycles. The van der Waals surface area contributed by atoms with Gasteiger partial charge in [0, 0.05) is 12.3 Å². The Labute approximate surface area is 181 Å². The largest absolute Gasteiger partial charge is 0.493 e. The molecule has 0 bridgehead atoms. The molecule has 3 N–H and O–H groups in total. The van der Waals surface area contributed by atoms with Gasteiger partial charge in [-0.1, -0.05) is 19.9 Å². The SMILES string of the molecule is COc1ccc(Cn2cnc(=N)c3[nH]c(C(C)C)nc32)cc1OC1CCC(O)C1.Cl. The maximum atomic E-state index is 9.77. The zero-order chi connectivity index (χ0) is 20.5. The highest BCUT2D eigenvalue weighted by molar-refractivity contribution is 5.85. The second-order valence-electron chi connectivity index (χ2n) is 7.89. The number of hydrogen-bond donors (Lipinski definition) is 3. The third-order valence-electron chi connectivity index (χ3n) is 5.32. The number of imidazole rings is 1. The average molecular weight is 434 g/mol. The minimum absolute atomic E-state index is 0. The van der Waals surface area contributed by atoms with E-state index in [2.05, 4.69) is 28.8 Å². The fourth-order valence-corrected chi connectivity index (χ4v) is 3.70. The van der Waals surface area contributed by atoms with Gasteiger partial charge in [-0.15, -0.1) is 12.4 Å². The van der Waals surface area contributed by atoms with E-state index in [0.717, 1.165) is 24.2 Å². The molecule has 1 saturated carbocycles. The lowest BCUT2D eigenvalue weighted by Gasteiger charge is -2.17. The summed E-state index contributed by atoms with van der Waals surface area (Å²) in [6.45, 7) is 4.66. The Morgan fingerprint density at radius 2 is 2.10 bits per heavy atom. The fourth-order valence-electron chi connectivity index (χ4n) is 3.70. The molecular formula is C21H28ClN5O3. The summed E-state index contributed by atoms with van der Waals surface area (Å²) >= 11 is 0. The summed E-state index contributed by atoms with van der Waals surface area (Å²) in [5, 5.41) is 17.8. The van der Waals surface area contributed by atoms with E-state index in [1.54, 1.807) is 13.4 Å². The lowest BCUT2D eigenvalue weighted by Crippen LogP contribution is -2.15. The molecule has 2 atom stereocenters. The second-order valence-corrected chi connectivity index (χ2v) is 7.89. The van der Waals surface area contributed by atoms with Crippen molar-refractivity contribution in [2.45, 2.75) is 57.8 Å². The van der Waals surface area contributed by atoms with Crippen molar-refractivity contribution in [3.63, 3.8) is 0 Å². The van der Waals surface area contributed by atoms with Gasteiger partial charge in [0.15, 0.2) is 22.6 Å². The number of aromatic nitrogens is 4. The molecule has 0 spiro atoms. The van der Waals surface area contributed by atoms with Crippen LogP contribution in [0.2, 0.25) is 0 Å². The number of aliphatic hydroxyl groups is 1. The molecule has 8 nitrogen and oxygen atoms in total. The van der Waals surface area contributed by atoms with Crippen molar-refractivity contribution in [3.05, 3.63) is 41.4 Å². The maximum Gasteiger partial charge on any atom is 0.173 e. The van der Waals surface area contributed by atoms with Crippen LogP contribution in [0.4, 0.5) is 0 Å². The van der Waals surface area contributed by atoms with Crippen LogP contribution in [0.3, 0.4) is 0 Å². The summed E-state index contributed by atoms with van der Waals surface area (Å²) in [4.78, 5) is 12.1. The van der Waals surface area contributed by atoms with E-state index in [4.69, 9.17) is 14.9 Å². The predicted octanol–water partition coefficient (Wildman–Crippen LogP) is 3.13. The number of nitrogens with one attached hydrogen (secondary N) is 2. The molecule has 2 heterocycles. The number of rotatable bonds is 6. The lowest BCUT2D eigenvalue weighted by atomic mass is 10.2. The summed E-state index contributed by atoms with van der Waals surface area (Å²) in [6, 6.07) is 5.84. The van der Waals surface area contributed by atoms with E-state index in [-0.39, 0.29) is 36.0 Å². The van der Waals surface area contributed by atoms with Crippen LogP contribution in [-0.2, 0) is 6.54 Å². The summed E-state index contributed by atoms with van der Waals surface area (Å²) in [6.07, 6.45) is 3.60. The quantitative estimate of drug-likeness (QED) is 0.553. The number of H-pyrrole nitrogens is 1. The standard InChI is InChI=1S/C21H27N5O3.ClH/c1-12(2)20-24-18-19(22)23-11-26(21(18)25-20)10-13-4-7-16(28-3)17(8-13)29-15-6-5-14(27)9-15;/h4,7-8,11-12,14-15,22,27H,5-6,9-10H2,1-3H3,(H,24,25);1H. The molecule has 0 amide bonds. The maximum absolute atomic E-state index is 9.77. The van der Waals surface area contributed by atoms with Gasteiger partial charge < -0.3 is 24.1 Å². The van der Waals surface area contributed by atoms with Crippen LogP contribution in [0.25, 0.3) is 11.2 Å². The Morgan fingerprint density at radius 3 is 2.77 bits per heavy atom. The van der Waals surface area contributed by atoms with Crippen molar-refractivity contribution in [2.75, 3.05) is 7.11 Å². The first kappa shape index (κ1) is 22.1. The molecule has 1 aliphatic carbocycles. The number of ether oxygens (including phenoxy) is 2. The van der Waals surface area contributed by atoms with Gasteiger partial charge in [-0.2, -0.15) is 0 Å². The Kier molecular flexibility index (Phi) is 6.67. The second kappa shape index (κ2) is 9.06. The zero-order valence-electron chi connectivity index (χ0n) is 17.4. The first-order valence-corrected chi connectivity index (χ1v) is 9.96. The van der Waals surface area contributed by atoms with Crippen molar-refractivity contribution in [1.29, 1.82) is 5.41 Å². The van der Waals surface area contributed by atoms with Gasteiger partial charge in [-0.3, -0.25) is 5.41 Å². The Bertz CT molecular complexity index is 1080. The molecule has 1 fully saturated rings. The Balaban J connectivity index is 0.00000256. The Morgan fingerprint density at radius 1 is 1.30 bits per heavy atom. The van der Waals surface area contributed by atoms with Crippen molar-refractivity contribution in [3.8, 4) is 11.5 Å². The summed E-state index contributed by atoms with van der Waals surface area (Å²) in [5.74, 6) is 2.43. The first-order chi connectivity index (χ1) is 13.9. The number of hydrogen-bond acceptors (Lipinski definition) is 6. The molecule has 0 saturated heterocycles. The van der Waals surface area contributed by atoms with Gasteiger partial charge in [-0.05, 0) is 30.5 Å². The smallest absolute Gasteiger partial charge is 0.173 e. The highest BCUT2D eigenvalue weighted by atomic mass is 35.5. The monoisotopic (exact) mass is 433 g/mol. The zero-order valence-corrected chi connectivity index (χ0v) is 18.2. The van der Waals surface area contributed by atoms with E-state index in [0.29, 0.717) is 35.6 Å². The van der Waals surface area contributed by atoms with Crippen molar-refractivity contribution < 1.29 is 14.6 Å². The molecule has 0 aliphatic heterocycles. The van der Waals surface area contributed by atoms with Gasteiger partial charge in [0.1, 0.15) is 17.4 Å². The van der Waals surface area contributed by atoms with Crippen LogP contribution in [0.1, 0.15) is 50.4 Å². The Hall–Kier alpha value is -2.58. The fraction of sp³-hybridized carbons (Fsp3) is 0.476.